The van der Waals surface area contributed by atoms with Gasteiger partial charge in [-0.1, -0.05) is 49.4 Å². The van der Waals surface area contributed by atoms with Crippen LogP contribution in [0.2, 0.25) is 0 Å². The van der Waals surface area contributed by atoms with Gasteiger partial charge in [0, 0.05) is 41.7 Å². The van der Waals surface area contributed by atoms with Crippen LogP contribution < -0.4 is 4.90 Å². The second-order valence-corrected chi connectivity index (χ2v) is 6.92. The summed E-state index contributed by atoms with van der Waals surface area (Å²) in [7, 11) is 2.05. The second kappa shape index (κ2) is 7.40. The number of para-hydroxylation sites is 1. The maximum absolute atomic E-state index is 4.67. The van der Waals surface area contributed by atoms with Crippen LogP contribution in [0.4, 0.5) is 11.5 Å². The van der Waals surface area contributed by atoms with E-state index >= 15 is 0 Å². The quantitative estimate of drug-likeness (QED) is 0.485. The number of hydrogen-bond donors (Lipinski definition) is 1. The summed E-state index contributed by atoms with van der Waals surface area (Å²) >= 11 is 0. The van der Waals surface area contributed by atoms with Gasteiger partial charge in [-0.25, -0.2) is 4.98 Å². The van der Waals surface area contributed by atoms with Crippen LogP contribution in [0.3, 0.4) is 0 Å². The topological polar surface area (TPSA) is 87.9 Å². The molecule has 0 aliphatic rings. The Morgan fingerprint density at radius 2 is 1.73 bits per heavy atom. The molecule has 5 aromatic rings. The Morgan fingerprint density at radius 3 is 2.50 bits per heavy atom. The molecule has 0 fully saturated rings. The minimum Gasteiger partial charge on any atom is -0.329 e. The summed E-state index contributed by atoms with van der Waals surface area (Å²) in [5.74, 6) is 1.51. The zero-order chi connectivity index (χ0) is 20.5. The molecule has 3 aromatic heterocycles. The Bertz CT molecular complexity index is 1310. The Labute approximate surface area is 173 Å². The van der Waals surface area contributed by atoms with Crippen molar-refractivity contribution in [3.63, 3.8) is 0 Å². The van der Waals surface area contributed by atoms with Gasteiger partial charge in [-0.05, 0) is 23.3 Å². The number of aryl methyl sites for hydroxylation is 1. The lowest BCUT2D eigenvalue weighted by Gasteiger charge is -2.24. The Morgan fingerprint density at radius 1 is 0.967 bits per heavy atom. The molecule has 8 nitrogen and oxygen atoms in total. The first kappa shape index (κ1) is 18.0. The molecule has 0 radical (unpaired) electrons. The standard InChI is InChI=1S/C22H20N8/c1-3-15-14-21(30-20(24-15)12-13-23-30)29(2)19-11-7-6-9-17(19)16-8-4-5-10-18(16)22-25-27-28-26-22/h4-14H,3H2,1-2H3,(H,25,26,27,28). The predicted molar refractivity (Wildman–Crippen MR) is 115 cm³/mol. The SMILES string of the molecule is CCc1cc(N(C)c2ccccc2-c2ccccc2-c2nn[nH]n2)n2nccc2n1. The molecular formula is C22H20N8. The van der Waals surface area contributed by atoms with E-state index in [-0.39, 0.29) is 0 Å². The van der Waals surface area contributed by atoms with E-state index in [0.29, 0.717) is 5.82 Å². The Kier molecular flexibility index (Phi) is 4.44. The normalized spacial score (nSPS) is 11.1. The van der Waals surface area contributed by atoms with Crippen molar-refractivity contribution in [2.75, 3.05) is 11.9 Å². The summed E-state index contributed by atoms with van der Waals surface area (Å²) < 4.78 is 1.86. The smallest absolute Gasteiger partial charge is 0.205 e. The van der Waals surface area contributed by atoms with E-state index in [9.17, 15) is 0 Å². The monoisotopic (exact) mass is 396 g/mol. The van der Waals surface area contributed by atoms with E-state index in [1.807, 2.05) is 48.0 Å². The fraction of sp³-hybridized carbons (Fsp3) is 0.136. The zero-order valence-electron chi connectivity index (χ0n) is 16.7. The molecule has 148 valence electrons. The van der Waals surface area contributed by atoms with Crippen molar-refractivity contribution in [3.05, 3.63) is 72.6 Å². The maximum atomic E-state index is 4.67. The number of hydrogen-bond acceptors (Lipinski definition) is 6. The number of benzene rings is 2. The molecule has 0 amide bonds. The highest BCUT2D eigenvalue weighted by Crippen LogP contribution is 2.38. The third-order valence-corrected chi connectivity index (χ3v) is 5.17. The number of nitrogens with one attached hydrogen (secondary N) is 1. The molecule has 0 saturated carbocycles. The van der Waals surface area contributed by atoms with E-state index in [2.05, 4.69) is 66.8 Å². The fourth-order valence-corrected chi connectivity index (χ4v) is 3.67. The fourth-order valence-electron chi connectivity index (χ4n) is 3.67. The van der Waals surface area contributed by atoms with Crippen LogP contribution in [0, 0.1) is 0 Å². The Balaban J connectivity index is 1.69. The average molecular weight is 396 g/mol. The van der Waals surface area contributed by atoms with E-state index in [1.165, 1.54) is 0 Å². The van der Waals surface area contributed by atoms with Crippen molar-refractivity contribution in [2.24, 2.45) is 0 Å². The van der Waals surface area contributed by atoms with Crippen molar-refractivity contribution in [1.29, 1.82) is 0 Å². The lowest BCUT2D eigenvalue weighted by Crippen LogP contribution is -2.16. The predicted octanol–water partition coefficient (Wildman–Crippen LogP) is 3.91. The largest absolute Gasteiger partial charge is 0.329 e. The summed E-state index contributed by atoms with van der Waals surface area (Å²) in [4.78, 5) is 6.81. The summed E-state index contributed by atoms with van der Waals surface area (Å²) in [6.07, 6.45) is 2.63. The van der Waals surface area contributed by atoms with Gasteiger partial charge in [0.15, 0.2) is 5.65 Å². The van der Waals surface area contributed by atoms with Crippen molar-refractivity contribution in [2.45, 2.75) is 13.3 Å². The van der Waals surface area contributed by atoms with Crippen LogP contribution in [0.25, 0.3) is 28.2 Å². The molecule has 0 bridgehead atoms. The molecule has 5 rings (SSSR count). The third-order valence-electron chi connectivity index (χ3n) is 5.17. The molecule has 0 spiro atoms. The number of fused-ring (bicyclic) bond motifs is 1. The second-order valence-electron chi connectivity index (χ2n) is 6.92. The van der Waals surface area contributed by atoms with E-state index in [4.69, 9.17) is 0 Å². The highest BCUT2D eigenvalue weighted by Gasteiger charge is 2.18. The third kappa shape index (κ3) is 2.98. The van der Waals surface area contributed by atoms with E-state index < -0.39 is 0 Å². The number of aromatic nitrogens is 7. The molecular weight excluding hydrogens is 376 g/mol. The molecule has 0 atom stereocenters. The van der Waals surface area contributed by atoms with Gasteiger partial charge in [0.1, 0.15) is 5.82 Å². The number of anilines is 2. The molecule has 0 unspecified atom stereocenters. The van der Waals surface area contributed by atoms with Crippen LogP contribution in [-0.4, -0.2) is 42.3 Å². The molecule has 1 N–H and O–H groups in total. The molecule has 3 heterocycles. The summed E-state index contributed by atoms with van der Waals surface area (Å²) in [6, 6.07) is 20.4. The van der Waals surface area contributed by atoms with Gasteiger partial charge in [0.2, 0.25) is 5.82 Å². The van der Waals surface area contributed by atoms with Gasteiger partial charge in [-0.15, -0.1) is 10.2 Å². The minimum atomic E-state index is 0.565. The van der Waals surface area contributed by atoms with Gasteiger partial charge >= 0.3 is 0 Å². The first-order chi connectivity index (χ1) is 14.8. The number of tetrazole rings is 1. The van der Waals surface area contributed by atoms with Crippen LogP contribution in [-0.2, 0) is 6.42 Å². The molecule has 8 heteroatoms. The van der Waals surface area contributed by atoms with E-state index in [0.717, 1.165) is 46.0 Å². The van der Waals surface area contributed by atoms with Crippen LogP contribution in [0.15, 0.2) is 66.9 Å². The minimum absolute atomic E-state index is 0.565. The van der Waals surface area contributed by atoms with Crippen molar-refractivity contribution in [1.82, 2.24) is 35.2 Å². The van der Waals surface area contributed by atoms with Gasteiger partial charge in [-0.3, -0.25) is 0 Å². The average Bonchev–Trinajstić information content (AvgIpc) is 3.50. The van der Waals surface area contributed by atoms with Gasteiger partial charge < -0.3 is 4.90 Å². The maximum Gasteiger partial charge on any atom is 0.205 e. The van der Waals surface area contributed by atoms with Gasteiger partial charge in [0.25, 0.3) is 0 Å². The number of nitrogens with zero attached hydrogens (tertiary/aromatic N) is 7. The molecule has 0 saturated heterocycles. The van der Waals surface area contributed by atoms with Crippen molar-refractivity contribution in [3.8, 4) is 22.5 Å². The molecule has 30 heavy (non-hydrogen) atoms. The highest BCUT2D eigenvalue weighted by molar-refractivity contribution is 5.89. The van der Waals surface area contributed by atoms with Gasteiger partial charge in [0.05, 0.1) is 6.20 Å². The lowest BCUT2D eigenvalue weighted by molar-refractivity contribution is 0.881. The number of rotatable bonds is 5. The van der Waals surface area contributed by atoms with E-state index in [1.54, 1.807) is 6.20 Å². The molecule has 0 aliphatic carbocycles. The molecule has 0 aliphatic heterocycles. The van der Waals surface area contributed by atoms with Crippen molar-refractivity contribution >= 4 is 17.2 Å². The Hall–Kier alpha value is -4.07. The number of aromatic amines is 1. The summed E-state index contributed by atoms with van der Waals surface area (Å²) in [5, 5.41) is 19.1. The zero-order valence-corrected chi connectivity index (χ0v) is 16.7. The first-order valence-electron chi connectivity index (χ1n) is 9.76. The van der Waals surface area contributed by atoms with Gasteiger partial charge in [-0.2, -0.15) is 14.8 Å². The van der Waals surface area contributed by atoms with Crippen molar-refractivity contribution < 1.29 is 0 Å². The van der Waals surface area contributed by atoms with Crippen LogP contribution in [0.5, 0.6) is 0 Å². The summed E-state index contributed by atoms with van der Waals surface area (Å²) in [6.45, 7) is 2.11. The summed E-state index contributed by atoms with van der Waals surface area (Å²) in [5.41, 5.74) is 5.91. The molecule has 2 aromatic carbocycles. The van der Waals surface area contributed by atoms with Crippen LogP contribution >= 0.6 is 0 Å². The lowest BCUT2D eigenvalue weighted by atomic mass is 9.97. The number of H-pyrrole nitrogens is 1. The highest BCUT2D eigenvalue weighted by atomic mass is 15.5. The van der Waals surface area contributed by atoms with Crippen LogP contribution in [0.1, 0.15) is 12.6 Å². The first-order valence-corrected chi connectivity index (χ1v) is 9.76.